The van der Waals surface area contributed by atoms with E-state index in [9.17, 15) is 30.3 Å². The molecule has 1 aliphatic carbocycles. The third-order valence-electron chi connectivity index (χ3n) is 5.12. The van der Waals surface area contributed by atoms with Crippen molar-refractivity contribution in [3.05, 3.63) is 0 Å². The third kappa shape index (κ3) is 8.28. The molecule has 1 aliphatic rings. The number of carbonyl (C=O) groups is 1. The second-order valence-corrected chi connectivity index (χ2v) is 7.32. The summed E-state index contributed by atoms with van der Waals surface area (Å²) in [6.45, 7) is 4.17. The van der Waals surface area contributed by atoms with Crippen LogP contribution in [0.5, 0.6) is 0 Å². The van der Waals surface area contributed by atoms with Crippen LogP contribution in [0.2, 0.25) is 0 Å². The maximum Gasteiger partial charge on any atom is 0.315 e. The van der Waals surface area contributed by atoms with Crippen LogP contribution in [0.15, 0.2) is 0 Å². The van der Waals surface area contributed by atoms with Crippen molar-refractivity contribution in [1.82, 2.24) is 16.0 Å². The Bertz CT molecular complexity index is 428. The molecule has 0 bridgehead atoms. The van der Waals surface area contributed by atoms with Gasteiger partial charge in [-0.15, -0.1) is 0 Å². The summed E-state index contributed by atoms with van der Waals surface area (Å²) in [5.41, 5.74) is 0. The molecule has 0 heterocycles. The first-order valence-corrected chi connectivity index (χ1v) is 9.98. The minimum absolute atomic E-state index is 0.115. The Morgan fingerprint density at radius 2 is 1.74 bits per heavy atom. The van der Waals surface area contributed by atoms with E-state index in [-0.39, 0.29) is 13.0 Å². The Hall–Kier alpha value is -0.970. The molecule has 9 nitrogen and oxygen atoms in total. The molecule has 0 aromatic carbocycles. The van der Waals surface area contributed by atoms with E-state index in [1.54, 1.807) is 13.8 Å². The zero-order valence-electron chi connectivity index (χ0n) is 16.3. The first-order chi connectivity index (χ1) is 12.8. The van der Waals surface area contributed by atoms with Crippen molar-refractivity contribution < 1.29 is 30.3 Å². The Morgan fingerprint density at radius 3 is 2.37 bits per heavy atom. The molecule has 27 heavy (non-hydrogen) atoms. The van der Waals surface area contributed by atoms with E-state index >= 15 is 0 Å². The van der Waals surface area contributed by atoms with Crippen molar-refractivity contribution in [2.24, 2.45) is 0 Å². The molecule has 9 heteroatoms. The predicted octanol–water partition coefficient (Wildman–Crippen LogP) is -1.19. The molecule has 7 unspecified atom stereocenters. The lowest BCUT2D eigenvalue weighted by molar-refractivity contribution is -0.0817. The summed E-state index contributed by atoms with van der Waals surface area (Å²) in [7, 11) is 0. The van der Waals surface area contributed by atoms with E-state index in [0.717, 1.165) is 12.8 Å². The molecular weight excluding hydrogens is 354 g/mol. The summed E-state index contributed by atoms with van der Waals surface area (Å²) in [6.07, 6.45) is -1.84. The van der Waals surface area contributed by atoms with Crippen LogP contribution in [0.25, 0.3) is 0 Å². The highest BCUT2D eigenvalue weighted by Gasteiger charge is 2.33. The standard InChI is InChI=1S/C18H37N3O6/c1-3-11(22)9-15(24)13(21-18(27)19-4-2)10-20-12-7-5-6-8-14(23)17(26)16(12)25/h11-17,20,22-26H,3-10H2,1-2H3,(H2,19,21,27). The molecule has 0 radical (unpaired) electrons. The maximum absolute atomic E-state index is 11.9. The maximum atomic E-state index is 11.9. The van der Waals surface area contributed by atoms with Gasteiger partial charge in [0.25, 0.3) is 0 Å². The summed E-state index contributed by atoms with van der Waals surface area (Å²) >= 11 is 0. The number of rotatable bonds is 9. The highest BCUT2D eigenvalue weighted by Crippen LogP contribution is 2.19. The highest BCUT2D eigenvalue weighted by atomic mass is 16.4. The number of hydrogen-bond donors (Lipinski definition) is 8. The van der Waals surface area contributed by atoms with Gasteiger partial charge in [-0.1, -0.05) is 19.8 Å². The van der Waals surface area contributed by atoms with E-state index < -0.39 is 48.6 Å². The van der Waals surface area contributed by atoms with Crippen molar-refractivity contribution in [1.29, 1.82) is 0 Å². The van der Waals surface area contributed by atoms with Crippen molar-refractivity contribution in [2.75, 3.05) is 13.1 Å². The van der Waals surface area contributed by atoms with Gasteiger partial charge in [0, 0.05) is 25.6 Å². The van der Waals surface area contributed by atoms with E-state index in [1.165, 1.54) is 0 Å². The number of aliphatic hydroxyl groups is 5. The number of amides is 2. The minimum Gasteiger partial charge on any atom is -0.393 e. The average Bonchev–Trinajstić information content (AvgIpc) is 2.64. The zero-order valence-corrected chi connectivity index (χ0v) is 16.3. The Kier molecular flexibility index (Phi) is 11.1. The minimum atomic E-state index is -1.25. The largest absolute Gasteiger partial charge is 0.393 e. The molecule has 0 saturated heterocycles. The molecule has 1 fully saturated rings. The second-order valence-electron chi connectivity index (χ2n) is 7.32. The lowest BCUT2D eigenvalue weighted by Crippen LogP contribution is -2.57. The quantitative estimate of drug-likeness (QED) is 0.246. The summed E-state index contributed by atoms with van der Waals surface area (Å²) in [6, 6.07) is -1.59. The van der Waals surface area contributed by atoms with Crippen LogP contribution in [-0.2, 0) is 0 Å². The molecular formula is C18H37N3O6. The van der Waals surface area contributed by atoms with Gasteiger partial charge in [-0.2, -0.15) is 0 Å². The topological polar surface area (TPSA) is 154 Å². The second kappa shape index (κ2) is 12.5. The first-order valence-electron chi connectivity index (χ1n) is 9.98. The highest BCUT2D eigenvalue weighted by molar-refractivity contribution is 5.74. The monoisotopic (exact) mass is 391 g/mol. The molecule has 160 valence electrons. The van der Waals surface area contributed by atoms with Crippen molar-refractivity contribution in [3.8, 4) is 0 Å². The number of nitrogens with one attached hydrogen (secondary N) is 3. The van der Waals surface area contributed by atoms with Crippen molar-refractivity contribution >= 4 is 6.03 Å². The SMILES string of the molecule is CCNC(=O)NC(CNC1CCCCC(O)C(O)C1O)C(O)CC(O)CC. The lowest BCUT2D eigenvalue weighted by Gasteiger charge is -2.34. The van der Waals surface area contributed by atoms with Crippen LogP contribution in [-0.4, -0.2) is 87.3 Å². The number of carbonyl (C=O) groups excluding carboxylic acids is 1. The molecule has 7 atom stereocenters. The summed E-state index contributed by atoms with van der Waals surface area (Å²) < 4.78 is 0. The van der Waals surface area contributed by atoms with Gasteiger partial charge in [0.15, 0.2) is 0 Å². The van der Waals surface area contributed by atoms with Gasteiger partial charge in [0.05, 0.1) is 30.5 Å². The molecule has 0 aliphatic heterocycles. The van der Waals surface area contributed by atoms with E-state index in [4.69, 9.17) is 0 Å². The summed E-state index contributed by atoms with van der Waals surface area (Å²) in [5.74, 6) is 0. The molecule has 0 aromatic rings. The summed E-state index contributed by atoms with van der Waals surface area (Å²) in [5, 5.41) is 58.9. The fourth-order valence-electron chi connectivity index (χ4n) is 3.30. The molecule has 2 amide bonds. The fourth-order valence-corrected chi connectivity index (χ4v) is 3.30. The Labute approximate surface area is 161 Å². The average molecular weight is 392 g/mol. The number of hydrogen-bond acceptors (Lipinski definition) is 7. The van der Waals surface area contributed by atoms with Crippen LogP contribution < -0.4 is 16.0 Å². The number of aliphatic hydroxyl groups excluding tert-OH is 5. The van der Waals surface area contributed by atoms with Crippen LogP contribution in [0.3, 0.4) is 0 Å². The van der Waals surface area contributed by atoms with Crippen LogP contribution in [0.4, 0.5) is 4.79 Å². The van der Waals surface area contributed by atoms with Gasteiger partial charge in [-0.3, -0.25) is 0 Å². The van der Waals surface area contributed by atoms with Crippen molar-refractivity contribution in [3.63, 3.8) is 0 Å². The van der Waals surface area contributed by atoms with Gasteiger partial charge in [0.2, 0.25) is 0 Å². The predicted molar refractivity (Wildman–Crippen MR) is 101 cm³/mol. The zero-order chi connectivity index (χ0) is 20.4. The van der Waals surface area contributed by atoms with Crippen LogP contribution in [0.1, 0.15) is 52.4 Å². The van der Waals surface area contributed by atoms with E-state index in [1.807, 2.05) is 0 Å². The lowest BCUT2D eigenvalue weighted by atomic mass is 9.90. The molecule has 0 spiro atoms. The van der Waals surface area contributed by atoms with Gasteiger partial charge >= 0.3 is 6.03 Å². The summed E-state index contributed by atoms with van der Waals surface area (Å²) in [4.78, 5) is 11.9. The van der Waals surface area contributed by atoms with Crippen molar-refractivity contribution in [2.45, 2.75) is 95.0 Å². The van der Waals surface area contributed by atoms with Crippen LogP contribution in [0, 0.1) is 0 Å². The van der Waals surface area contributed by atoms with Crippen LogP contribution >= 0.6 is 0 Å². The molecule has 0 aromatic heterocycles. The fraction of sp³-hybridized carbons (Fsp3) is 0.944. The number of urea groups is 1. The van der Waals surface area contributed by atoms with Gasteiger partial charge in [-0.25, -0.2) is 4.79 Å². The third-order valence-corrected chi connectivity index (χ3v) is 5.12. The molecule has 1 saturated carbocycles. The Balaban J connectivity index is 2.72. The molecule has 8 N–H and O–H groups in total. The van der Waals surface area contributed by atoms with Gasteiger partial charge in [-0.05, 0) is 26.2 Å². The van der Waals surface area contributed by atoms with Gasteiger partial charge < -0.3 is 41.5 Å². The first kappa shape index (κ1) is 24.1. The van der Waals surface area contributed by atoms with E-state index in [2.05, 4.69) is 16.0 Å². The normalized spacial score (nSPS) is 29.9. The smallest absolute Gasteiger partial charge is 0.315 e. The van der Waals surface area contributed by atoms with E-state index in [0.29, 0.717) is 25.8 Å². The molecule has 1 rings (SSSR count). The van der Waals surface area contributed by atoms with Gasteiger partial charge in [0.1, 0.15) is 6.10 Å². The Morgan fingerprint density at radius 1 is 1.07 bits per heavy atom.